The molecular formula is C23H20O5. The first-order valence-electron chi connectivity index (χ1n) is 8.62. The Hall–Kier alpha value is -3.60. The summed E-state index contributed by atoms with van der Waals surface area (Å²) in [6.07, 6.45) is 1.44. The van der Waals surface area contributed by atoms with E-state index in [-0.39, 0.29) is 5.56 Å². The Labute approximate surface area is 163 Å². The van der Waals surface area contributed by atoms with E-state index in [0.29, 0.717) is 45.8 Å². The van der Waals surface area contributed by atoms with Crippen LogP contribution in [-0.4, -0.2) is 33.9 Å². The second kappa shape index (κ2) is 8.39. The molecule has 0 aromatic heterocycles. The largest absolute Gasteiger partial charge is 0.496 e. The van der Waals surface area contributed by atoms with Crippen LogP contribution in [0.25, 0.3) is 22.3 Å². The van der Waals surface area contributed by atoms with Crippen LogP contribution in [0.3, 0.4) is 0 Å². The SMILES string of the molecule is COc1cccc(C=O)c1-c1c(OC)cc(-c2ccccc2)c(OC)c1C=O. The van der Waals surface area contributed by atoms with Gasteiger partial charge in [0.25, 0.3) is 0 Å². The molecule has 0 aliphatic heterocycles. The molecule has 142 valence electrons. The van der Waals surface area contributed by atoms with Crippen LogP contribution in [0.2, 0.25) is 0 Å². The summed E-state index contributed by atoms with van der Waals surface area (Å²) >= 11 is 0. The first-order valence-corrected chi connectivity index (χ1v) is 8.62. The van der Waals surface area contributed by atoms with Crippen molar-refractivity contribution in [2.45, 2.75) is 0 Å². The molecule has 0 heterocycles. The number of methoxy groups -OCH3 is 3. The summed E-state index contributed by atoms with van der Waals surface area (Å²) < 4.78 is 16.7. The number of ether oxygens (including phenoxy) is 3. The molecule has 0 atom stereocenters. The van der Waals surface area contributed by atoms with Crippen LogP contribution in [0.15, 0.2) is 54.6 Å². The molecule has 0 aliphatic rings. The number of carbonyl (C=O) groups is 2. The number of rotatable bonds is 7. The lowest BCUT2D eigenvalue weighted by Crippen LogP contribution is -2.03. The van der Waals surface area contributed by atoms with Crippen molar-refractivity contribution in [1.29, 1.82) is 0 Å². The third-order valence-electron chi connectivity index (χ3n) is 4.56. The van der Waals surface area contributed by atoms with Gasteiger partial charge in [0.1, 0.15) is 17.2 Å². The summed E-state index contributed by atoms with van der Waals surface area (Å²) in [7, 11) is 4.54. The van der Waals surface area contributed by atoms with Crippen LogP contribution in [0.4, 0.5) is 0 Å². The van der Waals surface area contributed by atoms with E-state index in [1.165, 1.54) is 21.3 Å². The quantitative estimate of drug-likeness (QED) is 0.561. The second-order valence-corrected chi connectivity index (χ2v) is 5.97. The van der Waals surface area contributed by atoms with Crippen molar-refractivity contribution in [2.75, 3.05) is 21.3 Å². The molecule has 3 rings (SSSR count). The van der Waals surface area contributed by atoms with Gasteiger partial charge in [-0.1, -0.05) is 42.5 Å². The molecule has 28 heavy (non-hydrogen) atoms. The van der Waals surface area contributed by atoms with Crippen LogP contribution < -0.4 is 14.2 Å². The Balaban J connectivity index is 2.45. The van der Waals surface area contributed by atoms with Gasteiger partial charge in [-0.2, -0.15) is 0 Å². The fourth-order valence-electron chi connectivity index (χ4n) is 3.33. The van der Waals surface area contributed by atoms with Gasteiger partial charge in [-0.3, -0.25) is 9.59 Å². The van der Waals surface area contributed by atoms with E-state index in [1.54, 1.807) is 24.3 Å². The molecule has 3 aromatic carbocycles. The zero-order valence-corrected chi connectivity index (χ0v) is 15.9. The van der Waals surface area contributed by atoms with Crippen molar-refractivity contribution >= 4 is 12.6 Å². The number of hydrogen-bond donors (Lipinski definition) is 0. The fourth-order valence-corrected chi connectivity index (χ4v) is 3.33. The van der Waals surface area contributed by atoms with Gasteiger partial charge in [0.2, 0.25) is 0 Å². The van der Waals surface area contributed by atoms with Crippen LogP contribution in [-0.2, 0) is 0 Å². The smallest absolute Gasteiger partial charge is 0.154 e. The summed E-state index contributed by atoms with van der Waals surface area (Å²) in [4.78, 5) is 23.9. The third kappa shape index (κ3) is 3.22. The minimum absolute atomic E-state index is 0.285. The minimum atomic E-state index is 0.285. The van der Waals surface area contributed by atoms with Crippen molar-refractivity contribution in [3.8, 4) is 39.5 Å². The Morgan fingerprint density at radius 3 is 2.00 bits per heavy atom. The maximum atomic E-state index is 12.2. The Morgan fingerprint density at radius 2 is 1.43 bits per heavy atom. The molecule has 3 aromatic rings. The summed E-state index contributed by atoms with van der Waals surface area (Å²) in [5.41, 5.74) is 3.20. The van der Waals surface area contributed by atoms with Gasteiger partial charge in [-0.05, 0) is 17.7 Å². The summed E-state index contributed by atoms with van der Waals surface area (Å²) in [6, 6.07) is 16.5. The van der Waals surface area contributed by atoms with E-state index >= 15 is 0 Å². The molecule has 0 saturated heterocycles. The lowest BCUT2D eigenvalue weighted by atomic mass is 9.90. The van der Waals surface area contributed by atoms with Crippen LogP contribution in [0.5, 0.6) is 17.2 Å². The number of hydrogen-bond acceptors (Lipinski definition) is 5. The first-order chi connectivity index (χ1) is 13.7. The van der Waals surface area contributed by atoms with Gasteiger partial charge in [-0.15, -0.1) is 0 Å². The average Bonchev–Trinajstić information content (AvgIpc) is 2.77. The monoisotopic (exact) mass is 376 g/mol. The Bertz CT molecular complexity index is 1010. The average molecular weight is 376 g/mol. The summed E-state index contributed by atoms with van der Waals surface area (Å²) in [5.74, 6) is 1.30. The summed E-state index contributed by atoms with van der Waals surface area (Å²) in [5, 5.41) is 0. The van der Waals surface area contributed by atoms with Crippen LogP contribution in [0.1, 0.15) is 20.7 Å². The van der Waals surface area contributed by atoms with Crippen LogP contribution >= 0.6 is 0 Å². The number of carbonyl (C=O) groups excluding carboxylic acids is 2. The molecule has 5 nitrogen and oxygen atoms in total. The molecule has 0 fully saturated rings. The lowest BCUT2D eigenvalue weighted by molar-refractivity contribution is 0.111. The van der Waals surface area contributed by atoms with Gasteiger partial charge >= 0.3 is 0 Å². The molecule has 0 N–H and O–H groups in total. The van der Waals surface area contributed by atoms with Crippen molar-refractivity contribution in [1.82, 2.24) is 0 Å². The van der Waals surface area contributed by atoms with Crippen LogP contribution in [0, 0.1) is 0 Å². The van der Waals surface area contributed by atoms with Gasteiger partial charge in [0.05, 0.1) is 26.9 Å². The number of benzene rings is 3. The molecule has 0 bridgehead atoms. The van der Waals surface area contributed by atoms with E-state index in [1.807, 2.05) is 30.3 Å². The van der Waals surface area contributed by atoms with Gasteiger partial charge in [0, 0.05) is 22.3 Å². The topological polar surface area (TPSA) is 61.8 Å². The van der Waals surface area contributed by atoms with E-state index < -0.39 is 0 Å². The van der Waals surface area contributed by atoms with Gasteiger partial charge < -0.3 is 14.2 Å². The molecule has 0 saturated carbocycles. The predicted octanol–water partition coefficient (Wildman–Crippen LogP) is 4.67. The number of aldehydes is 2. The van der Waals surface area contributed by atoms with E-state index in [2.05, 4.69) is 0 Å². The maximum absolute atomic E-state index is 12.2. The van der Waals surface area contributed by atoms with Crippen molar-refractivity contribution < 1.29 is 23.8 Å². The van der Waals surface area contributed by atoms with Gasteiger partial charge in [0.15, 0.2) is 12.6 Å². The van der Waals surface area contributed by atoms with Gasteiger partial charge in [-0.25, -0.2) is 0 Å². The molecule has 0 spiro atoms. The minimum Gasteiger partial charge on any atom is -0.496 e. The van der Waals surface area contributed by atoms with Crippen molar-refractivity contribution in [3.05, 3.63) is 65.7 Å². The Kier molecular flexibility index (Phi) is 5.75. The van der Waals surface area contributed by atoms with E-state index in [9.17, 15) is 9.59 Å². The van der Waals surface area contributed by atoms with Crippen molar-refractivity contribution in [2.24, 2.45) is 0 Å². The second-order valence-electron chi connectivity index (χ2n) is 5.97. The lowest BCUT2D eigenvalue weighted by Gasteiger charge is -2.20. The highest BCUT2D eigenvalue weighted by molar-refractivity contribution is 6.03. The van der Waals surface area contributed by atoms with Crippen molar-refractivity contribution in [3.63, 3.8) is 0 Å². The maximum Gasteiger partial charge on any atom is 0.154 e. The first kappa shape index (κ1) is 19.2. The van der Waals surface area contributed by atoms with E-state index in [0.717, 1.165) is 11.8 Å². The predicted molar refractivity (Wildman–Crippen MR) is 108 cm³/mol. The zero-order chi connectivity index (χ0) is 20.1. The molecule has 5 heteroatoms. The molecule has 0 unspecified atom stereocenters. The summed E-state index contributed by atoms with van der Waals surface area (Å²) in [6.45, 7) is 0. The van der Waals surface area contributed by atoms with E-state index in [4.69, 9.17) is 14.2 Å². The Morgan fingerprint density at radius 1 is 0.714 bits per heavy atom. The molecule has 0 aliphatic carbocycles. The highest BCUT2D eigenvalue weighted by Gasteiger charge is 2.25. The molecule has 0 radical (unpaired) electrons. The zero-order valence-electron chi connectivity index (χ0n) is 15.9. The highest BCUT2D eigenvalue weighted by Crippen LogP contribution is 2.47. The normalized spacial score (nSPS) is 10.2. The fraction of sp³-hybridized carbons (Fsp3) is 0.130. The highest BCUT2D eigenvalue weighted by atomic mass is 16.5. The molecular weight excluding hydrogens is 356 g/mol. The molecule has 0 amide bonds. The third-order valence-corrected chi connectivity index (χ3v) is 4.56. The standard InChI is InChI=1S/C23H20O5/c1-26-19-11-7-10-16(13-24)21(19)22-18(14-25)23(28-3)17(12-20(22)27-2)15-8-5-4-6-9-15/h4-14H,1-3H3.